The van der Waals surface area contributed by atoms with Gasteiger partial charge in [-0.3, -0.25) is 0 Å². The van der Waals surface area contributed by atoms with E-state index in [1.807, 2.05) is 0 Å². The van der Waals surface area contributed by atoms with Crippen molar-refractivity contribution in [3.8, 4) is 5.40 Å². The van der Waals surface area contributed by atoms with Gasteiger partial charge in [0.2, 0.25) is 0 Å². The number of nitrogens with one attached hydrogen (secondary N) is 1. The Hall–Kier alpha value is 1.37. The van der Waals surface area contributed by atoms with E-state index >= 15 is 0 Å². The summed E-state index contributed by atoms with van der Waals surface area (Å²) in [7, 11) is 0. The van der Waals surface area contributed by atoms with Gasteiger partial charge in [-0.15, -0.1) is 0 Å². The Morgan fingerprint density at radius 3 is 2.29 bits per heavy atom. The molecule has 0 aliphatic carbocycles. The molecule has 2 nitrogen and oxygen atoms in total. The maximum absolute atomic E-state index is 7.74. The van der Waals surface area contributed by atoms with Crippen LogP contribution < -0.4 is 51.4 Å². The number of hydrogen-bond acceptors (Lipinski definition) is 4. The number of rotatable bonds is 0. The van der Waals surface area contributed by atoms with E-state index in [0.29, 0.717) is 11.8 Å². The number of hydrogen-bond donors (Lipinski definition) is 1. The van der Waals surface area contributed by atoms with E-state index in [1.165, 1.54) is 0 Å². The summed E-state index contributed by atoms with van der Waals surface area (Å²) in [6, 6.07) is 0. The van der Waals surface area contributed by atoms with Gasteiger partial charge in [-0.1, -0.05) is 0 Å². The van der Waals surface area contributed by atoms with Crippen LogP contribution in [-0.4, -0.2) is 4.38 Å². The zero-order valence-electron chi connectivity index (χ0n) is 3.76. The van der Waals surface area contributed by atoms with Crippen molar-refractivity contribution in [1.29, 1.82) is 10.7 Å². The Bertz CT molecular complexity index is 96.4. The van der Waals surface area contributed by atoms with Crippen molar-refractivity contribution < 1.29 is 51.4 Å². The smallest absolute Gasteiger partial charge is 0.753 e. The molecule has 7 heavy (non-hydrogen) atoms. The van der Waals surface area contributed by atoms with Gasteiger partial charge < -0.3 is 18.0 Å². The van der Waals surface area contributed by atoms with Gasteiger partial charge in [-0.2, -0.15) is 5.26 Å². The van der Waals surface area contributed by atoms with Crippen LogP contribution in [0, 0.1) is 16.1 Å². The minimum atomic E-state index is -0.0718. The Morgan fingerprint density at radius 1 is 1.86 bits per heavy atom. The van der Waals surface area contributed by atoms with Gasteiger partial charge in [-0.25, -0.2) is 0 Å². The summed E-state index contributed by atoms with van der Waals surface area (Å²) in [6.07, 6.45) is 0. The molecule has 0 rings (SSSR count). The van der Waals surface area contributed by atoms with Gasteiger partial charge in [0.05, 0.1) is 0 Å². The Balaban J connectivity index is 0. The van der Waals surface area contributed by atoms with E-state index in [9.17, 15) is 0 Å². The third kappa shape index (κ3) is 11.1. The Kier molecular flexibility index (Phi) is 11.8. The third-order valence-electron chi connectivity index (χ3n) is 0.138. The first-order valence-corrected chi connectivity index (χ1v) is 2.31. The second-order valence-corrected chi connectivity index (χ2v) is 1.94. The summed E-state index contributed by atoms with van der Waals surface area (Å²) in [5.41, 5.74) is 0. The van der Waals surface area contributed by atoms with E-state index in [1.54, 1.807) is 5.40 Å². The number of nitriles is 1. The van der Waals surface area contributed by atoms with Gasteiger partial charge in [0, 0.05) is 0 Å². The molecule has 0 aliphatic heterocycles. The quantitative estimate of drug-likeness (QED) is 0.141. The maximum atomic E-state index is 7.74. The molecular weight excluding hydrogens is 155 g/mol. The molecular formula is C2HKN2S2. The largest absolute Gasteiger partial charge is 1.00 e. The first-order valence-electron chi connectivity index (χ1n) is 1.09. The molecule has 0 saturated carbocycles. The topological polar surface area (TPSA) is 47.6 Å². The van der Waals surface area contributed by atoms with Crippen LogP contribution in [0.15, 0.2) is 0 Å². The molecule has 0 heterocycles. The molecule has 0 unspecified atom stereocenters. The molecule has 0 bridgehead atoms. The Labute approximate surface area is 94.4 Å². The molecule has 32 valence electrons. The van der Waals surface area contributed by atoms with Crippen LogP contribution in [0.2, 0.25) is 0 Å². The predicted octanol–water partition coefficient (Wildman–Crippen LogP) is -2.31. The summed E-state index contributed by atoms with van der Waals surface area (Å²) in [5, 5.41) is 15.8. The van der Waals surface area contributed by atoms with Crippen LogP contribution in [0.3, 0.4) is 0 Å². The fourth-order valence-corrected chi connectivity index (χ4v) is 0.236. The van der Waals surface area contributed by atoms with Gasteiger partial charge in [0.25, 0.3) is 0 Å². The fraction of sp³-hybridized carbons (Fsp3) is 0. The molecule has 0 aliphatic rings. The molecule has 0 atom stereocenters. The first-order chi connectivity index (χ1) is 2.77. The number of thiocyanates is 1. The average molecular weight is 156 g/mol. The van der Waals surface area contributed by atoms with Crippen molar-refractivity contribution in [3.05, 3.63) is 0 Å². The predicted molar refractivity (Wildman–Crippen MR) is 28.3 cm³/mol. The SMILES string of the molecule is N#CSC(=N)[S-].[K+]. The van der Waals surface area contributed by atoms with Crippen LogP contribution in [0.25, 0.3) is 0 Å². The van der Waals surface area contributed by atoms with Crippen LogP contribution in [0.4, 0.5) is 0 Å². The minimum Gasteiger partial charge on any atom is -0.753 e. The van der Waals surface area contributed by atoms with Gasteiger partial charge in [0.1, 0.15) is 5.40 Å². The number of nitrogens with zero attached hydrogens (tertiary/aromatic N) is 1. The second-order valence-electron chi connectivity index (χ2n) is 0.481. The van der Waals surface area contributed by atoms with E-state index < -0.39 is 0 Å². The standard InChI is InChI=1S/C2H2N2S2.K/c3-1-6-2(4)5;/h(H2,4,5);/q;+1/p-1. The van der Waals surface area contributed by atoms with E-state index in [0.717, 1.165) is 0 Å². The zero-order valence-corrected chi connectivity index (χ0v) is 8.52. The van der Waals surface area contributed by atoms with Crippen molar-refractivity contribution in [1.82, 2.24) is 0 Å². The Morgan fingerprint density at radius 2 is 2.29 bits per heavy atom. The molecule has 5 heteroatoms. The molecule has 0 aromatic rings. The van der Waals surface area contributed by atoms with E-state index in [-0.39, 0.29) is 55.8 Å². The van der Waals surface area contributed by atoms with Crippen LogP contribution in [0.5, 0.6) is 0 Å². The monoisotopic (exact) mass is 156 g/mol. The van der Waals surface area contributed by atoms with Crippen LogP contribution >= 0.6 is 11.8 Å². The van der Waals surface area contributed by atoms with Crippen molar-refractivity contribution in [3.63, 3.8) is 0 Å². The van der Waals surface area contributed by atoms with Crippen molar-refractivity contribution in [2.75, 3.05) is 0 Å². The molecule has 0 radical (unpaired) electrons. The second kappa shape index (κ2) is 7.37. The third-order valence-corrected chi connectivity index (χ3v) is 0.665. The fourth-order valence-electron chi connectivity index (χ4n) is 0.0415. The molecule has 1 N–H and O–H groups in total. The molecule has 0 fully saturated rings. The summed E-state index contributed by atoms with van der Waals surface area (Å²) < 4.78 is -0.0718. The summed E-state index contributed by atoms with van der Waals surface area (Å²) in [4.78, 5) is 0. The summed E-state index contributed by atoms with van der Waals surface area (Å²) in [5.74, 6) is 0. The van der Waals surface area contributed by atoms with Gasteiger partial charge in [-0.05, 0) is 16.1 Å². The van der Waals surface area contributed by atoms with Gasteiger partial charge in [0.15, 0.2) is 0 Å². The normalized spacial score (nSPS) is 5.57. The van der Waals surface area contributed by atoms with Crippen LogP contribution in [0.1, 0.15) is 0 Å². The first kappa shape index (κ1) is 11.2. The molecule has 0 aromatic carbocycles. The molecule has 0 saturated heterocycles. The minimum absolute atomic E-state index is 0. The van der Waals surface area contributed by atoms with Crippen molar-refractivity contribution in [2.45, 2.75) is 0 Å². The molecule has 0 aromatic heterocycles. The average Bonchev–Trinajstić information content (AvgIpc) is 1.35. The molecule has 0 amide bonds. The van der Waals surface area contributed by atoms with Crippen molar-refractivity contribution >= 4 is 28.8 Å². The summed E-state index contributed by atoms with van der Waals surface area (Å²) in [6.45, 7) is 0. The number of thioether (sulfide) groups is 1. The van der Waals surface area contributed by atoms with E-state index in [4.69, 9.17) is 10.7 Å². The van der Waals surface area contributed by atoms with Crippen molar-refractivity contribution in [2.24, 2.45) is 0 Å². The molecule has 0 spiro atoms. The maximum Gasteiger partial charge on any atom is 1.00 e. The zero-order chi connectivity index (χ0) is 4.99. The van der Waals surface area contributed by atoms with E-state index in [2.05, 4.69) is 12.6 Å². The van der Waals surface area contributed by atoms with Gasteiger partial charge >= 0.3 is 51.4 Å². The van der Waals surface area contributed by atoms with Crippen LogP contribution in [-0.2, 0) is 12.6 Å². The summed E-state index contributed by atoms with van der Waals surface area (Å²) >= 11 is 4.89.